The first-order valence-electron chi connectivity index (χ1n) is 35.1. The van der Waals surface area contributed by atoms with E-state index in [4.69, 9.17) is 0 Å². The van der Waals surface area contributed by atoms with E-state index >= 15 is 0 Å². The van der Waals surface area contributed by atoms with Crippen LogP contribution >= 0.6 is 0 Å². The molecule has 504 valence electrons. The third-order valence-corrected chi connectivity index (χ3v) is 21.3. The fraction of sp³-hybridized carbons (Fsp3) is 0.183. The predicted octanol–water partition coefficient (Wildman–Crippen LogP) is 15.3. The highest BCUT2D eigenvalue weighted by Gasteiger charge is 2.49. The van der Waals surface area contributed by atoms with Crippen LogP contribution in [0.1, 0.15) is 47.2 Å². The molecule has 0 amide bonds. The van der Waals surface area contributed by atoms with E-state index in [1.54, 1.807) is 31.6 Å². The summed E-state index contributed by atoms with van der Waals surface area (Å²) in [4.78, 5) is 71.1. The van der Waals surface area contributed by atoms with E-state index in [2.05, 4.69) is 302 Å². The van der Waals surface area contributed by atoms with Gasteiger partial charge in [-0.1, -0.05) is 127 Å². The molecule has 0 bridgehead atoms. The van der Waals surface area contributed by atoms with Crippen molar-refractivity contribution in [2.24, 2.45) is 0 Å². The topological polar surface area (TPSA) is 174 Å². The largest absolute Gasteiger partial charge is 0.349 e. The highest BCUT2D eigenvalue weighted by atomic mass is 15.5. The summed E-state index contributed by atoms with van der Waals surface area (Å²) in [6.07, 6.45) is 27.8. The van der Waals surface area contributed by atoms with Gasteiger partial charge < -0.3 is 49.0 Å². The zero-order chi connectivity index (χ0) is 68.8. The first-order valence-corrected chi connectivity index (χ1v) is 35.1. The minimum atomic E-state index is 0.214. The van der Waals surface area contributed by atoms with Crippen molar-refractivity contribution in [3.8, 4) is 0 Å². The number of pyridine rings is 1. The average molecular weight is 1350 g/mol. The van der Waals surface area contributed by atoms with Crippen molar-refractivity contribution in [2.45, 2.75) is 89.7 Å². The van der Waals surface area contributed by atoms with E-state index in [1.165, 1.54) is 73.2 Å². The number of aryl methyl sites for hydroxylation is 1. The van der Waals surface area contributed by atoms with Gasteiger partial charge in [-0.05, 0) is 115 Å². The van der Waals surface area contributed by atoms with Crippen molar-refractivity contribution in [1.82, 2.24) is 54.8 Å². The molecule has 103 heavy (non-hydrogen) atoms. The summed E-state index contributed by atoms with van der Waals surface area (Å²) < 4.78 is 0. The molecule has 0 radical (unpaired) electrons. The molecule has 23 rings (SSSR count). The molecule has 0 saturated carbocycles. The van der Waals surface area contributed by atoms with Crippen LogP contribution in [0.25, 0.3) is 0 Å². The average Bonchev–Trinajstić information content (AvgIpc) is 1.59. The third-order valence-electron chi connectivity index (χ3n) is 21.3. The van der Waals surface area contributed by atoms with E-state index in [9.17, 15) is 0 Å². The number of anilines is 18. The number of hydrogen-bond acceptors (Lipinski definition) is 21. The molecule has 16 heterocycles. The van der Waals surface area contributed by atoms with Gasteiger partial charge in [0.05, 0.1) is 31.0 Å². The second kappa shape index (κ2) is 25.1. The first kappa shape index (κ1) is 61.2. The molecule has 0 saturated heterocycles. The summed E-state index contributed by atoms with van der Waals surface area (Å²) in [7, 11) is 2.11. The second-order valence-corrected chi connectivity index (χ2v) is 27.1. The minimum Gasteiger partial charge on any atom is -0.349 e. The lowest BCUT2D eigenvalue weighted by Crippen LogP contribution is -2.43. The summed E-state index contributed by atoms with van der Waals surface area (Å²) >= 11 is 0. The summed E-state index contributed by atoms with van der Waals surface area (Å²) in [5.41, 5.74) is 23.5. The van der Waals surface area contributed by atoms with Crippen LogP contribution < -0.4 is 49.0 Å². The van der Waals surface area contributed by atoms with Gasteiger partial charge >= 0.3 is 0 Å². The van der Waals surface area contributed by atoms with Crippen LogP contribution in [0, 0.1) is 6.92 Å². The highest BCUT2D eigenvalue weighted by Crippen LogP contribution is 2.56. The molecule has 0 spiro atoms. The number of aromatic nitrogens is 11. The smallest absolute Gasteiger partial charge is 0.162 e. The molecule has 0 N–H and O–H groups in total. The number of para-hydroxylation sites is 7. The van der Waals surface area contributed by atoms with Gasteiger partial charge in [0.15, 0.2) is 29.1 Å². The number of nitrogens with zero attached hydrogens (tertiary/aromatic N) is 21. The maximum atomic E-state index is 4.58. The number of fused-ring (bicyclic) bond motifs is 25. The summed E-state index contributed by atoms with van der Waals surface area (Å²) in [6, 6.07) is 66.4. The molecule has 5 unspecified atom stereocenters. The van der Waals surface area contributed by atoms with Gasteiger partial charge in [-0.2, -0.15) is 0 Å². The predicted molar refractivity (Wildman–Crippen MR) is 405 cm³/mol. The van der Waals surface area contributed by atoms with Crippen molar-refractivity contribution in [3.63, 3.8) is 0 Å². The normalized spacial score (nSPS) is 18.7. The molecule has 21 nitrogen and oxygen atoms in total. The van der Waals surface area contributed by atoms with Crippen LogP contribution in [0.3, 0.4) is 0 Å². The summed E-state index contributed by atoms with van der Waals surface area (Å²) in [6.45, 7) is 6.61. The molecule has 6 aromatic heterocycles. The zero-order valence-electron chi connectivity index (χ0n) is 57.2. The lowest BCUT2D eigenvalue weighted by Gasteiger charge is -2.30. The van der Waals surface area contributed by atoms with Crippen molar-refractivity contribution in [1.29, 1.82) is 0 Å². The quantitative estimate of drug-likeness (QED) is 0.163. The molecule has 13 aromatic rings. The number of hydrogen-bond donors (Lipinski definition) is 0. The standard InChI is InChI=1S/C19H16N4.C18H14N4.C17H13N5.C15H16N4.C13H12N4/c1-13-6-2-4-8-15(13)22-17-11-20-12-21-19(17)23-16-9-5-3-7-14(16)10-18(22)23;1-2-7-14(8-3-1)21-16-11-19-12-20-18(16)22-15-9-5-4-6-13(15)10-17(21)22;1-2-4-14-12(3-1)9-16-21(13-5-7-18-8-6-13)15-10-19-11-20-17(15)22(14)16;1-10(2)18-13-8-16-9-17-15(13)19-12-6-4-3-5-11(12)7-14(18)19;1-16-11-7-14-8-15-13(11)17-10-5-3-2-4-9(10)6-12(16)17/h2-9,11-12,18H,10H2,1H3;1-9,11-12,17H,10H2;1-8,10-11,16H,9H2;3-6,8-10,14H,7H2,1-2H3;2-5,7-8,12H,6H2,1H3. The maximum Gasteiger partial charge on any atom is 0.162 e. The van der Waals surface area contributed by atoms with E-state index in [-0.39, 0.29) is 18.5 Å². The Kier molecular flexibility index (Phi) is 14.9. The van der Waals surface area contributed by atoms with Gasteiger partial charge in [-0.25, -0.2) is 49.8 Å². The molecule has 5 atom stereocenters. The zero-order valence-corrected chi connectivity index (χ0v) is 57.2. The SMILES string of the molecule is CC(C)N1c2cncnc2N2c3ccccc3CC21.CN1c2cncnc2N2c3ccccc3CC12.Cc1ccccc1N1c2cncnc2N2c3ccccc3CC12.c1ccc(N2c3cncnc3N3c4ccccc4CC23)cc1.c1ccc2c(c1)CC1N(c3ccncc3)c3cncnc3N21. The number of rotatable bonds is 4. The lowest BCUT2D eigenvalue weighted by molar-refractivity contribution is 0.588. The molecular formula is C82H71N21. The van der Waals surface area contributed by atoms with Gasteiger partial charge in [0, 0.05) is 103 Å². The van der Waals surface area contributed by atoms with Gasteiger partial charge in [-0.15, -0.1) is 0 Å². The summed E-state index contributed by atoms with van der Waals surface area (Å²) in [5.74, 6) is 5.03. The second-order valence-electron chi connectivity index (χ2n) is 27.1. The Balaban J connectivity index is 0.0000000892. The van der Waals surface area contributed by atoms with Crippen molar-refractivity contribution in [2.75, 3.05) is 56.0 Å². The van der Waals surface area contributed by atoms with E-state index in [0.717, 1.165) is 95.3 Å². The van der Waals surface area contributed by atoms with Gasteiger partial charge in [0.2, 0.25) is 0 Å². The van der Waals surface area contributed by atoms with E-state index in [0.29, 0.717) is 18.4 Å². The van der Waals surface area contributed by atoms with Gasteiger partial charge in [0.25, 0.3) is 0 Å². The molecular weight excluding hydrogens is 1280 g/mol. The van der Waals surface area contributed by atoms with Crippen molar-refractivity contribution in [3.05, 3.63) is 296 Å². The Bertz CT molecular complexity index is 5180. The van der Waals surface area contributed by atoms with Crippen LogP contribution in [-0.4, -0.2) is 98.7 Å². The Hall–Kier alpha value is -12.9. The summed E-state index contributed by atoms with van der Waals surface area (Å²) in [5, 5.41) is 0. The molecule has 0 aliphatic carbocycles. The Morgan fingerprint density at radius 3 is 1.03 bits per heavy atom. The third kappa shape index (κ3) is 9.99. The van der Waals surface area contributed by atoms with Crippen molar-refractivity contribution >= 4 is 103 Å². The van der Waals surface area contributed by atoms with Gasteiger partial charge in [-0.3, -0.25) is 4.98 Å². The minimum absolute atomic E-state index is 0.214. The van der Waals surface area contributed by atoms with E-state index < -0.39 is 0 Å². The van der Waals surface area contributed by atoms with E-state index in [1.807, 2.05) is 61.6 Å². The van der Waals surface area contributed by atoms with Crippen LogP contribution in [0.5, 0.6) is 0 Å². The Labute approximate surface area is 597 Å². The van der Waals surface area contributed by atoms with Crippen LogP contribution in [0.4, 0.5) is 103 Å². The molecule has 0 fully saturated rings. The number of likely N-dealkylation sites (N-methyl/N-ethyl adjacent to an activating group) is 1. The fourth-order valence-corrected chi connectivity index (χ4v) is 17.0. The van der Waals surface area contributed by atoms with Crippen LogP contribution in [0.15, 0.2) is 263 Å². The Morgan fingerprint density at radius 2 is 0.592 bits per heavy atom. The maximum absolute atomic E-state index is 4.58. The number of benzene rings is 7. The van der Waals surface area contributed by atoms with Crippen LogP contribution in [-0.2, 0) is 32.1 Å². The molecule has 10 aliphatic rings. The monoisotopic (exact) mass is 1350 g/mol. The molecule has 10 aliphatic heterocycles. The van der Waals surface area contributed by atoms with Crippen LogP contribution in [0.2, 0.25) is 0 Å². The Morgan fingerprint density at radius 1 is 0.282 bits per heavy atom. The molecule has 7 aromatic carbocycles. The fourth-order valence-electron chi connectivity index (χ4n) is 17.0. The first-order chi connectivity index (χ1) is 50.8. The lowest BCUT2D eigenvalue weighted by atomic mass is 10.1. The van der Waals surface area contributed by atoms with Gasteiger partial charge in [0.1, 0.15) is 90.9 Å². The highest BCUT2D eigenvalue weighted by molar-refractivity contribution is 5.92. The van der Waals surface area contributed by atoms with Crippen molar-refractivity contribution < 1.29 is 0 Å². The molecule has 21 heteroatoms.